The number of aromatic nitrogens is 1. The molecule has 0 amide bonds. The van der Waals surface area contributed by atoms with E-state index in [1.807, 2.05) is 63.2 Å². The molecule has 106 valence electrons. The molecule has 0 aliphatic heterocycles. The van der Waals surface area contributed by atoms with Crippen molar-refractivity contribution in [3.05, 3.63) is 59.9 Å². The van der Waals surface area contributed by atoms with Crippen molar-refractivity contribution in [2.45, 2.75) is 26.4 Å². The summed E-state index contributed by atoms with van der Waals surface area (Å²) >= 11 is 0. The number of hydrogen-bond donors (Lipinski definition) is 1. The maximum absolute atomic E-state index is 11.4. The van der Waals surface area contributed by atoms with Gasteiger partial charge in [0.2, 0.25) is 0 Å². The summed E-state index contributed by atoms with van der Waals surface area (Å²) in [5, 5.41) is 11.4. The monoisotopic (exact) mass is 271 g/mol. The summed E-state index contributed by atoms with van der Waals surface area (Å²) in [5.41, 5.74) is -0.167. The van der Waals surface area contributed by atoms with E-state index in [0.717, 1.165) is 11.3 Å². The van der Waals surface area contributed by atoms with Crippen molar-refractivity contribution in [2.75, 3.05) is 7.11 Å². The second-order valence-corrected chi connectivity index (χ2v) is 5.91. The molecule has 1 N–H and O–H groups in total. The van der Waals surface area contributed by atoms with Gasteiger partial charge in [-0.25, -0.2) is 0 Å². The van der Waals surface area contributed by atoms with Crippen LogP contribution in [-0.2, 0) is 5.60 Å². The second kappa shape index (κ2) is 5.25. The van der Waals surface area contributed by atoms with Gasteiger partial charge in [0.25, 0.3) is 0 Å². The minimum absolute atomic E-state index is 0.409. The molecule has 0 spiro atoms. The van der Waals surface area contributed by atoms with E-state index in [1.54, 1.807) is 13.3 Å². The first-order valence-electron chi connectivity index (χ1n) is 6.68. The molecule has 1 heterocycles. The zero-order valence-corrected chi connectivity index (χ0v) is 12.4. The number of aliphatic hydroxyl groups is 1. The van der Waals surface area contributed by atoms with E-state index in [-0.39, 0.29) is 0 Å². The normalized spacial score (nSPS) is 14.7. The minimum atomic E-state index is -1.18. The quantitative estimate of drug-likeness (QED) is 0.930. The van der Waals surface area contributed by atoms with Crippen molar-refractivity contribution < 1.29 is 9.84 Å². The van der Waals surface area contributed by atoms with Crippen molar-refractivity contribution in [3.8, 4) is 5.75 Å². The first-order valence-corrected chi connectivity index (χ1v) is 6.68. The maximum atomic E-state index is 11.4. The largest absolute Gasteiger partial charge is 0.497 e. The van der Waals surface area contributed by atoms with Crippen LogP contribution in [0.15, 0.2) is 48.7 Å². The van der Waals surface area contributed by atoms with E-state index >= 15 is 0 Å². The number of rotatable bonds is 3. The third-order valence-electron chi connectivity index (χ3n) is 3.61. The summed E-state index contributed by atoms with van der Waals surface area (Å²) in [4.78, 5) is 4.36. The molecule has 0 fully saturated rings. The van der Waals surface area contributed by atoms with Gasteiger partial charge in [-0.2, -0.15) is 0 Å². The average Bonchev–Trinajstić information content (AvgIpc) is 2.46. The van der Waals surface area contributed by atoms with Crippen molar-refractivity contribution in [3.63, 3.8) is 0 Å². The van der Waals surface area contributed by atoms with Crippen LogP contribution < -0.4 is 4.74 Å². The average molecular weight is 271 g/mol. The number of methoxy groups -OCH3 is 1. The van der Waals surface area contributed by atoms with Gasteiger partial charge in [-0.1, -0.05) is 39.0 Å². The van der Waals surface area contributed by atoms with Gasteiger partial charge in [0, 0.05) is 11.6 Å². The van der Waals surface area contributed by atoms with Crippen LogP contribution in [-0.4, -0.2) is 17.2 Å². The fraction of sp³-hybridized carbons (Fsp3) is 0.353. The van der Waals surface area contributed by atoms with Crippen molar-refractivity contribution >= 4 is 0 Å². The molecule has 0 aliphatic carbocycles. The SMILES string of the molecule is COc1cccc(C(O)(c2ccccn2)C(C)(C)C)c1. The highest BCUT2D eigenvalue weighted by Crippen LogP contribution is 2.44. The molecular formula is C17H21NO2. The topological polar surface area (TPSA) is 42.4 Å². The van der Waals surface area contributed by atoms with Crippen LogP contribution >= 0.6 is 0 Å². The van der Waals surface area contributed by atoms with E-state index < -0.39 is 11.0 Å². The van der Waals surface area contributed by atoms with Gasteiger partial charge in [0.05, 0.1) is 12.8 Å². The number of benzene rings is 1. The number of hydrogen-bond acceptors (Lipinski definition) is 3. The van der Waals surface area contributed by atoms with E-state index in [4.69, 9.17) is 4.74 Å². The van der Waals surface area contributed by atoms with E-state index in [1.165, 1.54) is 0 Å². The van der Waals surface area contributed by atoms with Crippen LogP contribution in [0.2, 0.25) is 0 Å². The molecule has 20 heavy (non-hydrogen) atoms. The molecule has 2 rings (SSSR count). The predicted molar refractivity (Wildman–Crippen MR) is 79.7 cm³/mol. The summed E-state index contributed by atoms with van der Waals surface area (Å²) < 4.78 is 5.27. The lowest BCUT2D eigenvalue weighted by molar-refractivity contribution is -0.0297. The predicted octanol–water partition coefficient (Wildman–Crippen LogP) is 3.37. The molecule has 0 aliphatic rings. The molecule has 0 bridgehead atoms. The number of pyridine rings is 1. The van der Waals surface area contributed by atoms with Crippen LogP contribution in [0.25, 0.3) is 0 Å². The Labute approximate surface area is 120 Å². The van der Waals surface area contributed by atoms with E-state index in [0.29, 0.717) is 5.69 Å². The van der Waals surface area contributed by atoms with Gasteiger partial charge in [-0.3, -0.25) is 4.98 Å². The lowest BCUT2D eigenvalue weighted by atomic mass is 9.70. The highest BCUT2D eigenvalue weighted by Gasteiger charge is 2.44. The van der Waals surface area contributed by atoms with E-state index in [9.17, 15) is 5.11 Å². The Bertz CT molecular complexity index is 575. The number of ether oxygens (including phenoxy) is 1. The highest BCUT2D eigenvalue weighted by molar-refractivity contribution is 5.39. The molecule has 0 radical (unpaired) electrons. The smallest absolute Gasteiger partial charge is 0.136 e. The van der Waals surface area contributed by atoms with Gasteiger partial charge in [0.15, 0.2) is 0 Å². The Balaban J connectivity index is 2.64. The van der Waals surface area contributed by atoms with Crippen LogP contribution in [0.5, 0.6) is 5.75 Å². The highest BCUT2D eigenvalue weighted by atomic mass is 16.5. The first kappa shape index (κ1) is 14.5. The number of nitrogens with zero attached hydrogens (tertiary/aromatic N) is 1. The molecule has 1 unspecified atom stereocenters. The molecule has 2 aromatic rings. The standard InChI is InChI=1S/C17H21NO2/c1-16(2,3)17(19,15-10-5-6-11-18-15)13-8-7-9-14(12-13)20-4/h5-12,19H,1-4H3. The zero-order valence-electron chi connectivity index (χ0n) is 12.4. The van der Waals surface area contributed by atoms with Crippen LogP contribution in [0.3, 0.4) is 0 Å². The molecule has 0 saturated heterocycles. The molecule has 3 nitrogen and oxygen atoms in total. The summed E-state index contributed by atoms with van der Waals surface area (Å²) in [5.74, 6) is 0.723. The third kappa shape index (κ3) is 2.41. The summed E-state index contributed by atoms with van der Waals surface area (Å²) in [6.07, 6.45) is 1.70. The molecule has 3 heteroatoms. The Kier molecular flexibility index (Phi) is 3.82. The molecule has 1 aromatic carbocycles. The van der Waals surface area contributed by atoms with Crippen LogP contribution in [0.1, 0.15) is 32.0 Å². The zero-order chi connectivity index (χ0) is 14.8. The molecular weight excluding hydrogens is 250 g/mol. The van der Waals surface area contributed by atoms with Gasteiger partial charge < -0.3 is 9.84 Å². The Morgan fingerprint density at radius 1 is 1.05 bits per heavy atom. The summed E-state index contributed by atoms with van der Waals surface area (Å²) in [6, 6.07) is 13.1. The fourth-order valence-electron chi connectivity index (χ4n) is 2.39. The van der Waals surface area contributed by atoms with Crippen molar-refractivity contribution in [1.82, 2.24) is 4.98 Å². The fourth-order valence-corrected chi connectivity index (χ4v) is 2.39. The van der Waals surface area contributed by atoms with Gasteiger partial charge in [0.1, 0.15) is 11.4 Å². The van der Waals surface area contributed by atoms with Crippen molar-refractivity contribution in [1.29, 1.82) is 0 Å². The Morgan fingerprint density at radius 3 is 2.35 bits per heavy atom. The van der Waals surface area contributed by atoms with Crippen LogP contribution in [0, 0.1) is 5.41 Å². The minimum Gasteiger partial charge on any atom is -0.497 e. The van der Waals surface area contributed by atoms with Crippen molar-refractivity contribution in [2.24, 2.45) is 5.41 Å². The molecule has 1 aromatic heterocycles. The van der Waals surface area contributed by atoms with Gasteiger partial charge in [-0.05, 0) is 29.8 Å². The summed E-state index contributed by atoms with van der Waals surface area (Å²) in [6.45, 7) is 6.00. The lowest BCUT2D eigenvalue weighted by Crippen LogP contribution is -2.41. The Hall–Kier alpha value is -1.87. The Morgan fingerprint density at radius 2 is 1.80 bits per heavy atom. The van der Waals surface area contributed by atoms with E-state index in [2.05, 4.69) is 4.98 Å². The lowest BCUT2D eigenvalue weighted by Gasteiger charge is -2.40. The first-order chi connectivity index (χ1) is 9.39. The third-order valence-corrected chi connectivity index (χ3v) is 3.61. The van der Waals surface area contributed by atoms with Gasteiger partial charge in [-0.15, -0.1) is 0 Å². The second-order valence-electron chi connectivity index (χ2n) is 5.91. The van der Waals surface area contributed by atoms with Gasteiger partial charge >= 0.3 is 0 Å². The molecule has 0 saturated carbocycles. The summed E-state index contributed by atoms with van der Waals surface area (Å²) in [7, 11) is 1.62. The maximum Gasteiger partial charge on any atom is 0.136 e. The molecule has 1 atom stereocenters. The van der Waals surface area contributed by atoms with Crippen LogP contribution in [0.4, 0.5) is 0 Å².